The first-order valence-corrected chi connectivity index (χ1v) is 10.6. The summed E-state index contributed by atoms with van der Waals surface area (Å²) in [5, 5.41) is 6.33. The van der Waals surface area contributed by atoms with Gasteiger partial charge in [0, 0.05) is 23.7 Å². The summed E-state index contributed by atoms with van der Waals surface area (Å²) in [7, 11) is 1.83. The van der Waals surface area contributed by atoms with Gasteiger partial charge in [0.2, 0.25) is 11.9 Å². The fraction of sp³-hybridized carbons (Fsp3) is 0.450. The lowest BCUT2D eigenvalue weighted by atomic mass is 9.85. The zero-order valence-corrected chi connectivity index (χ0v) is 17.6. The molecule has 0 spiro atoms. The van der Waals surface area contributed by atoms with E-state index in [4.69, 9.17) is 0 Å². The van der Waals surface area contributed by atoms with Gasteiger partial charge < -0.3 is 15.5 Å². The largest absolute Gasteiger partial charge is 0.354 e. The zero-order valence-electron chi connectivity index (χ0n) is 16.8. The fourth-order valence-corrected chi connectivity index (χ4v) is 5.06. The van der Waals surface area contributed by atoms with Crippen molar-refractivity contribution in [3.8, 4) is 0 Å². The number of benzene rings is 1. The van der Waals surface area contributed by atoms with Gasteiger partial charge >= 0.3 is 0 Å². The van der Waals surface area contributed by atoms with E-state index in [1.807, 2.05) is 25.8 Å². The number of nitrogens with one attached hydrogen (secondary N) is 2. The molecule has 1 aromatic heterocycles. The molecular weight excluding hydrogens is 415 g/mol. The first kappa shape index (κ1) is 20.8. The normalized spacial score (nSPS) is 22.9. The minimum atomic E-state index is -1.44. The second-order valence-corrected chi connectivity index (χ2v) is 9.14. The van der Waals surface area contributed by atoms with Crippen molar-refractivity contribution in [1.29, 1.82) is 0 Å². The Balaban J connectivity index is 1.33. The topological polar surface area (TPSA) is 70.1 Å². The highest BCUT2D eigenvalue weighted by Gasteiger charge is 2.32. The standard InChI is InChI=1S/C20H22F3N5OS/c1-9-17-18(28(3)10(2)19(29)26-17)27-20(25-9)24-8-11-4-12(5-11)30-13-6-14(21)16(23)15(22)7-13/h6-7,10-12H,4-5,8H2,1-3H3,(H,26,29)(H,24,25,27)/t10-,11?,12?/m0/s1. The molecule has 10 heteroatoms. The number of carbonyl (C=O) groups is 1. The van der Waals surface area contributed by atoms with Gasteiger partial charge in [-0.05, 0) is 44.7 Å². The summed E-state index contributed by atoms with van der Waals surface area (Å²) in [6.45, 7) is 4.31. The van der Waals surface area contributed by atoms with Crippen LogP contribution in [0.1, 0.15) is 25.5 Å². The highest BCUT2D eigenvalue weighted by molar-refractivity contribution is 8.00. The Morgan fingerprint density at radius 1 is 1.23 bits per heavy atom. The molecule has 1 aromatic carbocycles. The SMILES string of the molecule is Cc1nc(NCC2CC(Sc3cc(F)c(F)c(F)c3)C2)nc2c1NC(=O)[C@H](C)N2C. The molecule has 6 nitrogen and oxygen atoms in total. The number of fused-ring (bicyclic) bond motifs is 1. The molecule has 1 atom stereocenters. The van der Waals surface area contributed by atoms with E-state index in [0.717, 1.165) is 25.0 Å². The van der Waals surface area contributed by atoms with Gasteiger partial charge in [-0.15, -0.1) is 11.8 Å². The maximum Gasteiger partial charge on any atom is 0.246 e. The van der Waals surface area contributed by atoms with Gasteiger partial charge in [0.1, 0.15) is 11.7 Å². The molecule has 0 radical (unpaired) electrons. The summed E-state index contributed by atoms with van der Waals surface area (Å²) < 4.78 is 39.8. The number of anilines is 3. The quantitative estimate of drug-likeness (QED) is 0.690. The molecule has 2 aliphatic rings. The molecule has 30 heavy (non-hydrogen) atoms. The average molecular weight is 437 g/mol. The van der Waals surface area contributed by atoms with Crippen molar-refractivity contribution >= 4 is 35.1 Å². The van der Waals surface area contributed by atoms with Crippen LogP contribution in [0, 0.1) is 30.3 Å². The van der Waals surface area contributed by atoms with Gasteiger partial charge in [0.25, 0.3) is 0 Å². The third kappa shape index (κ3) is 3.92. The van der Waals surface area contributed by atoms with Crippen LogP contribution in [-0.2, 0) is 4.79 Å². The Bertz CT molecular complexity index is 976. The lowest BCUT2D eigenvalue weighted by Crippen LogP contribution is -2.45. The van der Waals surface area contributed by atoms with Crippen LogP contribution in [0.4, 0.5) is 30.6 Å². The number of aryl methyl sites for hydroxylation is 1. The number of amides is 1. The molecule has 4 rings (SSSR count). The Labute approximate surface area is 176 Å². The van der Waals surface area contributed by atoms with Gasteiger partial charge in [-0.1, -0.05) is 0 Å². The number of aromatic nitrogens is 2. The van der Waals surface area contributed by atoms with E-state index in [9.17, 15) is 18.0 Å². The van der Waals surface area contributed by atoms with Crippen LogP contribution in [0.5, 0.6) is 0 Å². The summed E-state index contributed by atoms with van der Waals surface area (Å²) in [6.07, 6.45) is 1.74. The molecule has 160 valence electrons. The van der Waals surface area contributed by atoms with E-state index in [0.29, 0.717) is 40.5 Å². The number of rotatable bonds is 5. The van der Waals surface area contributed by atoms with E-state index >= 15 is 0 Å². The number of likely N-dealkylation sites (N-methyl/N-ethyl adjacent to an activating group) is 1. The lowest BCUT2D eigenvalue weighted by Gasteiger charge is -2.35. The zero-order chi connectivity index (χ0) is 21.6. The van der Waals surface area contributed by atoms with Crippen molar-refractivity contribution in [3.63, 3.8) is 0 Å². The Morgan fingerprint density at radius 3 is 2.57 bits per heavy atom. The van der Waals surface area contributed by atoms with Gasteiger partial charge in [-0.25, -0.2) is 18.2 Å². The summed E-state index contributed by atoms with van der Waals surface area (Å²) >= 11 is 1.36. The van der Waals surface area contributed by atoms with E-state index < -0.39 is 17.5 Å². The van der Waals surface area contributed by atoms with Crippen molar-refractivity contribution in [2.24, 2.45) is 5.92 Å². The van der Waals surface area contributed by atoms with E-state index in [2.05, 4.69) is 20.6 Å². The minimum Gasteiger partial charge on any atom is -0.354 e. The number of hydrogen-bond acceptors (Lipinski definition) is 6. The molecule has 2 N–H and O–H groups in total. The number of hydrogen-bond donors (Lipinski definition) is 2. The number of nitrogens with zero attached hydrogens (tertiary/aromatic N) is 3. The van der Waals surface area contributed by atoms with E-state index in [1.165, 1.54) is 11.8 Å². The monoisotopic (exact) mass is 437 g/mol. The van der Waals surface area contributed by atoms with Crippen molar-refractivity contribution < 1.29 is 18.0 Å². The van der Waals surface area contributed by atoms with Crippen molar-refractivity contribution in [3.05, 3.63) is 35.3 Å². The molecule has 1 amide bonds. The minimum absolute atomic E-state index is 0.0867. The summed E-state index contributed by atoms with van der Waals surface area (Å²) in [6, 6.07) is 1.76. The summed E-state index contributed by atoms with van der Waals surface area (Å²) in [5.41, 5.74) is 1.32. The highest BCUT2D eigenvalue weighted by atomic mass is 32.2. The summed E-state index contributed by atoms with van der Waals surface area (Å²) in [4.78, 5) is 23.2. The third-order valence-electron chi connectivity index (χ3n) is 5.61. The van der Waals surface area contributed by atoms with Crippen molar-refractivity contribution in [2.75, 3.05) is 29.1 Å². The van der Waals surface area contributed by atoms with Crippen LogP contribution in [0.15, 0.2) is 17.0 Å². The highest BCUT2D eigenvalue weighted by Crippen LogP contribution is 2.41. The van der Waals surface area contributed by atoms with Crippen LogP contribution < -0.4 is 15.5 Å². The predicted molar refractivity (Wildman–Crippen MR) is 110 cm³/mol. The molecule has 0 saturated heterocycles. The molecule has 1 saturated carbocycles. The van der Waals surface area contributed by atoms with Gasteiger partial charge in [0.05, 0.1) is 5.69 Å². The van der Waals surface area contributed by atoms with E-state index in [1.54, 1.807) is 0 Å². The second kappa shape index (κ2) is 7.98. The van der Waals surface area contributed by atoms with Gasteiger partial charge in [0.15, 0.2) is 23.3 Å². The summed E-state index contributed by atoms with van der Waals surface area (Å²) in [5.74, 6) is -2.28. The number of carbonyl (C=O) groups excluding carboxylic acids is 1. The first-order valence-electron chi connectivity index (χ1n) is 9.70. The first-order chi connectivity index (χ1) is 14.2. The molecule has 1 aliphatic heterocycles. The van der Waals surface area contributed by atoms with Crippen LogP contribution in [0.25, 0.3) is 0 Å². The maximum absolute atomic E-state index is 13.3. The van der Waals surface area contributed by atoms with Gasteiger partial charge in [-0.3, -0.25) is 4.79 Å². The average Bonchev–Trinajstić information content (AvgIpc) is 2.67. The molecule has 1 fully saturated rings. The van der Waals surface area contributed by atoms with Gasteiger partial charge in [-0.2, -0.15) is 4.98 Å². The van der Waals surface area contributed by atoms with Crippen molar-refractivity contribution in [2.45, 2.75) is 42.9 Å². The van der Waals surface area contributed by atoms with Crippen LogP contribution in [-0.4, -0.2) is 40.8 Å². The van der Waals surface area contributed by atoms with Crippen molar-refractivity contribution in [1.82, 2.24) is 9.97 Å². The van der Waals surface area contributed by atoms with Crippen LogP contribution in [0.2, 0.25) is 0 Å². The smallest absolute Gasteiger partial charge is 0.246 e. The Kier molecular flexibility index (Phi) is 5.52. The fourth-order valence-electron chi connectivity index (χ4n) is 3.59. The van der Waals surface area contributed by atoms with Crippen LogP contribution in [0.3, 0.4) is 0 Å². The maximum atomic E-state index is 13.3. The molecule has 0 unspecified atom stereocenters. The molecule has 2 aromatic rings. The molecule has 2 heterocycles. The third-order valence-corrected chi connectivity index (χ3v) is 6.84. The Morgan fingerprint density at radius 2 is 1.90 bits per heavy atom. The predicted octanol–water partition coefficient (Wildman–Crippen LogP) is 3.96. The Hall–Kier alpha value is -2.49. The number of halogens is 3. The van der Waals surface area contributed by atoms with Crippen LogP contribution >= 0.6 is 11.8 Å². The molecule has 0 bridgehead atoms. The number of thioether (sulfide) groups is 1. The van der Waals surface area contributed by atoms with E-state index in [-0.39, 0.29) is 17.2 Å². The second-order valence-electron chi connectivity index (χ2n) is 7.77. The molecular formula is C20H22F3N5OS. The lowest BCUT2D eigenvalue weighted by molar-refractivity contribution is -0.117. The molecule has 1 aliphatic carbocycles.